The van der Waals surface area contributed by atoms with Crippen molar-refractivity contribution in [2.45, 2.75) is 19.4 Å². The van der Waals surface area contributed by atoms with Crippen molar-refractivity contribution in [3.05, 3.63) is 65.5 Å². The summed E-state index contributed by atoms with van der Waals surface area (Å²) in [7, 11) is 0. The summed E-state index contributed by atoms with van der Waals surface area (Å²) < 4.78 is 0. The summed E-state index contributed by atoms with van der Waals surface area (Å²) in [6.07, 6.45) is 4.49. The Kier molecular flexibility index (Phi) is 3.85. The zero-order valence-corrected chi connectivity index (χ0v) is 9.93. The predicted octanol–water partition coefficient (Wildman–Crippen LogP) is 2.14. The number of aryl methyl sites for hydroxylation is 1. The van der Waals surface area contributed by atoms with E-state index in [4.69, 9.17) is 5.84 Å². The van der Waals surface area contributed by atoms with Crippen molar-refractivity contribution in [3.63, 3.8) is 0 Å². The molecule has 17 heavy (non-hydrogen) atoms. The molecule has 0 fully saturated rings. The van der Waals surface area contributed by atoms with Gasteiger partial charge < -0.3 is 0 Å². The van der Waals surface area contributed by atoms with E-state index in [1.807, 2.05) is 12.3 Å². The molecule has 1 atom stereocenters. The van der Waals surface area contributed by atoms with Gasteiger partial charge in [-0.25, -0.2) is 0 Å². The van der Waals surface area contributed by atoms with Crippen LogP contribution in [0.25, 0.3) is 0 Å². The van der Waals surface area contributed by atoms with E-state index in [-0.39, 0.29) is 6.04 Å². The van der Waals surface area contributed by atoms with Crippen LogP contribution in [-0.2, 0) is 6.42 Å². The fraction of sp³-hybridized carbons (Fsp3) is 0.214. The van der Waals surface area contributed by atoms with Crippen molar-refractivity contribution in [2.24, 2.45) is 5.84 Å². The second-order valence-electron chi connectivity index (χ2n) is 4.20. The van der Waals surface area contributed by atoms with Gasteiger partial charge in [-0.3, -0.25) is 16.3 Å². The highest BCUT2D eigenvalue weighted by Gasteiger charge is 2.10. The van der Waals surface area contributed by atoms with Gasteiger partial charge in [0.25, 0.3) is 0 Å². The van der Waals surface area contributed by atoms with Crippen molar-refractivity contribution in [1.29, 1.82) is 0 Å². The number of hydrogen-bond donors (Lipinski definition) is 2. The molecule has 0 radical (unpaired) electrons. The standard InChI is InChI=1S/C14H17N3/c1-11-4-6-13(7-5-11)14(17-15)9-12-3-2-8-16-10-12/h2-8,10,14,17H,9,15H2,1H3. The first-order valence-corrected chi connectivity index (χ1v) is 5.71. The third-order valence-corrected chi connectivity index (χ3v) is 2.84. The second-order valence-corrected chi connectivity index (χ2v) is 4.20. The maximum Gasteiger partial charge on any atom is 0.0500 e. The summed E-state index contributed by atoms with van der Waals surface area (Å²) in [4.78, 5) is 4.11. The van der Waals surface area contributed by atoms with E-state index in [9.17, 15) is 0 Å². The van der Waals surface area contributed by atoms with Gasteiger partial charge >= 0.3 is 0 Å². The quantitative estimate of drug-likeness (QED) is 0.621. The maximum absolute atomic E-state index is 5.62. The predicted molar refractivity (Wildman–Crippen MR) is 69.2 cm³/mol. The Morgan fingerprint density at radius 2 is 2.00 bits per heavy atom. The number of aromatic nitrogens is 1. The van der Waals surface area contributed by atoms with Crippen LogP contribution in [0.2, 0.25) is 0 Å². The highest BCUT2D eigenvalue weighted by molar-refractivity contribution is 5.25. The van der Waals surface area contributed by atoms with Gasteiger partial charge in [-0.2, -0.15) is 0 Å². The highest BCUT2D eigenvalue weighted by atomic mass is 15.2. The number of nitrogens with two attached hydrogens (primary N) is 1. The average Bonchev–Trinajstić information content (AvgIpc) is 2.38. The smallest absolute Gasteiger partial charge is 0.0500 e. The molecule has 0 spiro atoms. The first-order valence-electron chi connectivity index (χ1n) is 5.71. The van der Waals surface area contributed by atoms with Gasteiger partial charge in [0.15, 0.2) is 0 Å². The number of hydrogen-bond acceptors (Lipinski definition) is 3. The van der Waals surface area contributed by atoms with E-state index in [1.54, 1.807) is 6.20 Å². The lowest BCUT2D eigenvalue weighted by atomic mass is 9.99. The van der Waals surface area contributed by atoms with Crippen LogP contribution < -0.4 is 11.3 Å². The fourth-order valence-corrected chi connectivity index (χ4v) is 1.83. The molecule has 0 saturated carbocycles. The first kappa shape index (κ1) is 11.8. The zero-order chi connectivity index (χ0) is 12.1. The van der Waals surface area contributed by atoms with Crippen LogP contribution in [0.3, 0.4) is 0 Å². The van der Waals surface area contributed by atoms with Crippen LogP contribution in [0, 0.1) is 6.92 Å². The van der Waals surface area contributed by atoms with E-state index in [0.29, 0.717) is 0 Å². The van der Waals surface area contributed by atoms with Gasteiger partial charge in [0.1, 0.15) is 0 Å². The number of benzene rings is 1. The topological polar surface area (TPSA) is 50.9 Å². The van der Waals surface area contributed by atoms with Crippen LogP contribution in [0.5, 0.6) is 0 Å². The van der Waals surface area contributed by atoms with Crippen LogP contribution in [0.4, 0.5) is 0 Å². The third-order valence-electron chi connectivity index (χ3n) is 2.84. The fourth-order valence-electron chi connectivity index (χ4n) is 1.83. The van der Waals surface area contributed by atoms with Crippen molar-refractivity contribution in [2.75, 3.05) is 0 Å². The lowest BCUT2D eigenvalue weighted by molar-refractivity contribution is 0.551. The SMILES string of the molecule is Cc1ccc(C(Cc2cccnc2)NN)cc1. The summed E-state index contributed by atoms with van der Waals surface area (Å²) in [5, 5.41) is 0. The Balaban J connectivity index is 2.14. The van der Waals surface area contributed by atoms with Crippen LogP contribution >= 0.6 is 0 Å². The second kappa shape index (κ2) is 5.57. The van der Waals surface area contributed by atoms with Gasteiger partial charge in [0.05, 0.1) is 6.04 Å². The molecule has 1 aromatic heterocycles. The minimum atomic E-state index is 0.125. The van der Waals surface area contributed by atoms with Crippen molar-refractivity contribution in [3.8, 4) is 0 Å². The van der Waals surface area contributed by atoms with E-state index in [1.165, 1.54) is 16.7 Å². The van der Waals surface area contributed by atoms with E-state index in [2.05, 4.69) is 47.7 Å². The molecule has 0 aliphatic carbocycles. The third kappa shape index (κ3) is 3.12. The average molecular weight is 227 g/mol. The lowest BCUT2D eigenvalue weighted by Gasteiger charge is -2.16. The van der Waals surface area contributed by atoms with Gasteiger partial charge in [-0.05, 0) is 30.5 Å². The molecule has 1 heterocycles. The molecule has 0 aliphatic rings. The molecule has 2 rings (SSSR count). The Labute approximate surface area is 102 Å². The van der Waals surface area contributed by atoms with Crippen molar-refractivity contribution < 1.29 is 0 Å². The van der Waals surface area contributed by atoms with Gasteiger partial charge in [-0.1, -0.05) is 35.9 Å². The summed E-state index contributed by atoms with van der Waals surface area (Å²) >= 11 is 0. The molecule has 0 bridgehead atoms. The normalized spacial score (nSPS) is 12.4. The lowest BCUT2D eigenvalue weighted by Crippen LogP contribution is -2.29. The number of nitrogens with one attached hydrogen (secondary N) is 1. The Morgan fingerprint density at radius 3 is 2.59 bits per heavy atom. The number of rotatable bonds is 4. The van der Waals surface area contributed by atoms with E-state index < -0.39 is 0 Å². The molecule has 1 unspecified atom stereocenters. The largest absolute Gasteiger partial charge is 0.271 e. The van der Waals surface area contributed by atoms with Crippen molar-refractivity contribution >= 4 is 0 Å². The molecule has 0 amide bonds. The molecule has 2 aromatic rings. The molecular formula is C14H17N3. The summed E-state index contributed by atoms with van der Waals surface area (Å²) in [6, 6.07) is 12.5. The molecule has 3 nitrogen and oxygen atoms in total. The van der Waals surface area contributed by atoms with E-state index in [0.717, 1.165) is 6.42 Å². The van der Waals surface area contributed by atoms with Crippen LogP contribution in [0.15, 0.2) is 48.8 Å². The zero-order valence-electron chi connectivity index (χ0n) is 9.93. The molecule has 1 aromatic carbocycles. The number of nitrogens with zero attached hydrogens (tertiary/aromatic N) is 1. The summed E-state index contributed by atoms with van der Waals surface area (Å²) in [5.74, 6) is 5.62. The summed E-state index contributed by atoms with van der Waals surface area (Å²) in [5.41, 5.74) is 6.49. The first-order chi connectivity index (χ1) is 8.29. The highest BCUT2D eigenvalue weighted by Crippen LogP contribution is 2.17. The number of pyridine rings is 1. The van der Waals surface area contributed by atoms with Crippen LogP contribution in [0.1, 0.15) is 22.7 Å². The molecule has 0 saturated heterocycles. The maximum atomic E-state index is 5.62. The molecule has 0 aliphatic heterocycles. The Bertz CT molecular complexity index is 451. The molecular weight excluding hydrogens is 210 g/mol. The minimum absolute atomic E-state index is 0.125. The van der Waals surface area contributed by atoms with Gasteiger partial charge in [-0.15, -0.1) is 0 Å². The molecule has 3 N–H and O–H groups in total. The summed E-state index contributed by atoms with van der Waals surface area (Å²) in [6.45, 7) is 2.08. The van der Waals surface area contributed by atoms with E-state index >= 15 is 0 Å². The Hall–Kier alpha value is -1.71. The minimum Gasteiger partial charge on any atom is -0.271 e. The van der Waals surface area contributed by atoms with Crippen molar-refractivity contribution in [1.82, 2.24) is 10.4 Å². The van der Waals surface area contributed by atoms with Gasteiger partial charge in [0, 0.05) is 12.4 Å². The van der Waals surface area contributed by atoms with Gasteiger partial charge in [0.2, 0.25) is 0 Å². The Morgan fingerprint density at radius 1 is 1.24 bits per heavy atom. The van der Waals surface area contributed by atoms with Crippen LogP contribution in [-0.4, -0.2) is 4.98 Å². The molecule has 88 valence electrons. The monoisotopic (exact) mass is 227 g/mol. The number of hydrazine groups is 1. The molecule has 3 heteroatoms.